The molecule has 0 amide bonds. The molecule has 0 atom stereocenters. The largest absolute Gasteiger partial charge is 0.505 e. The summed E-state index contributed by atoms with van der Waals surface area (Å²) in [5.74, 6) is -0.584. The molecule has 1 heterocycles. The molecule has 6 heteroatoms. The predicted molar refractivity (Wildman–Crippen MR) is 41.0 cm³/mol. The van der Waals surface area contributed by atoms with Gasteiger partial charge in [-0.05, 0) is 0 Å². The van der Waals surface area contributed by atoms with Crippen LogP contribution >= 0.6 is 0 Å². The van der Waals surface area contributed by atoms with E-state index >= 15 is 0 Å². The number of aromatic nitrogens is 1. The molecule has 4 nitrogen and oxygen atoms in total. The number of halogens is 2. The normalized spacial score (nSPS) is 9.86. The molecule has 0 unspecified atom stereocenters. The van der Waals surface area contributed by atoms with Crippen molar-refractivity contribution in [2.24, 2.45) is 0 Å². The van der Waals surface area contributed by atoms with E-state index in [0.717, 1.165) is 0 Å². The minimum atomic E-state index is -2.96. The fraction of sp³-hybridized carbons (Fsp3) is 0.125. The van der Waals surface area contributed by atoms with Gasteiger partial charge in [0, 0.05) is 0 Å². The van der Waals surface area contributed by atoms with Crippen LogP contribution in [-0.4, -0.2) is 16.4 Å². The first-order valence-electron chi connectivity index (χ1n) is 3.47. The number of carbonyl (C=O) groups is 1. The molecule has 0 radical (unpaired) electrons. The summed E-state index contributed by atoms with van der Waals surface area (Å²) in [6.07, 6.45) is -2.16. The molecule has 0 fully saturated rings. The number of carbonyl (C=O) groups excluding carboxylic acids is 1. The predicted octanol–water partition coefficient (Wildman–Crippen LogP) is 1.41. The number of alkyl halides is 2. The molecule has 1 aromatic heterocycles. The van der Waals surface area contributed by atoms with Crippen LogP contribution in [0.4, 0.5) is 8.78 Å². The highest BCUT2D eigenvalue weighted by molar-refractivity contribution is 5.82. The molecule has 0 aliphatic carbocycles. The highest BCUT2D eigenvalue weighted by Crippen LogP contribution is 2.26. The second-order valence-electron chi connectivity index (χ2n) is 2.35. The quantitative estimate of drug-likeness (QED) is 0.729. The van der Waals surface area contributed by atoms with Crippen molar-refractivity contribution in [3.8, 4) is 11.8 Å². The lowest BCUT2D eigenvalue weighted by molar-refractivity contribution is 0.110. The number of pyridine rings is 1. The Morgan fingerprint density at radius 3 is 2.71 bits per heavy atom. The monoisotopic (exact) mass is 198 g/mol. The summed E-state index contributed by atoms with van der Waals surface area (Å²) in [5, 5.41) is 17.5. The summed E-state index contributed by atoms with van der Waals surface area (Å²) in [4.78, 5) is 13.6. The van der Waals surface area contributed by atoms with E-state index in [1.54, 1.807) is 0 Å². The molecule has 1 N–H and O–H groups in total. The summed E-state index contributed by atoms with van der Waals surface area (Å²) < 4.78 is 24.5. The number of nitrogens with zero attached hydrogens (tertiary/aromatic N) is 2. The SMILES string of the molecule is N#Cc1c(O)cnc(C(F)F)c1C=O. The van der Waals surface area contributed by atoms with E-state index in [2.05, 4.69) is 4.98 Å². The second kappa shape index (κ2) is 3.79. The zero-order valence-corrected chi connectivity index (χ0v) is 6.74. The Morgan fingerprint density at radius 1 is 1.64 bits per heavy atom. The third-order valence-electron chi connectivity index (χ3n) is 1.56. The third kappa shape index (κ3) is 1.52. The summed E-state index contributed by atoms with van der Waals surface area (Å²) in [6.45, 7) is 0. The van der Waals surface area contributed by atoms with Gasteiger partial charge in [-0.15, -0.1) is 0 Å². The first-order valence-corrected chi connectivity index (χ1v) is 3.47. The third-order valence-corrected chi connectivity index (χ3v) is 1.56. The lowest BCUT2D eigenvalue weighted by Gasteiger charge is -2.04. The maximum absolute atomic E-state index is 12.3. The maximum atomic E-state index is 12.3. The van der Waals surface area contributed by atoms with Gasteiger partial charge in [0.05, 0.1) is 11.8 Å². The molecule has 0 spiro atoms. The van der Waals surface area contributed by atoms with E-state index in [1.165, 1.54) is 6.07 Å². The van der Waals surface area contributed by atoms with Crippen LogP contribution in [-0.2, 0) is 0 Å². The van der Waals surface area contributed by atoms with Gasteiger partial charge >= 0.3 is 0 Å². The number of nitriles is 1. The molecule has 1 rings (SSSR count). The van der Waals surface area contributed by atoms with Crippen molar-refractivity contribution in [2.75, 3.05) is 0 Å². The lowest BCUT2D eigenvalue weighted by Crippen LogP contribution is -2.00. The van der Waals surface area contributed by atoms with Crippen LogP contribution in [0.25, 0.3) is 0 Å². The van der Waals surface area contributed by atoms with Crippen LogP contribution in [0.2, 0.25) is 0 Å². The number of hydrogen-bond acceptors (Lipinski definition) is 4. The molecule has 0 bridgehead atoms. The number of aromatic hydroxyl groups is 1. The standard InChI is InChI=1S/C8H4F2N2O2/c9-8(10)7-5(3-13)4(1-11)6(14)2-12-7/h2-3,8,14H. The van der Waals surface area contributed by atoms with Gasteiger partial charge in [-0.3, -0.25) is 9.78 Å². The highest BCUT2D eigenvalue weighted by Gasteiger charge is 2.20. The van der Waals surface area contributed by atoms with E-state index in [0.29, 0.717) is 6.20 Å². The van der Waals surface area contributed by atoms with Crippen molar-refractivity contribution in [3.63, 3.8) is 0 Å². The first kappa shape index (κ1) is 10.1. The Hall–Kier alpha value is -2.03. The average molecular weight is 198 g/mol. The Kier molecular flexibility index (Phi) is 2.72. The van der Waals surface area contributed by atoms with Crippen molar-refractivity contribution in [1.82, 2.24) is 4.98 Å². The van der Waals surface area contributed by atoms with E-state index in [4.69, 9.17) is 10.4 Å². The molecule has 0 saturated carbocycles. The van der Waals surface area contributed by atoms with E-state index in [9.17, 15) is 13.6 Å². The Bertz CT molecular complexity index is 413. The number of hydrogen-bond donors (Lipinski definition) is 1. The summed E-state index contributed by atoms with van der Waals surface area (Å²) in [7, 11) is 0. The maximum Gasteiger partial charge on any atom is 0.281 e. The van der Waals surface area contributed by atoms with Gasteiger partial charge in [-0.1, -0.05) is 0 Å². The fourth-order valence-electron chi connectivity index (χ4n) is 0.942. The number of rotatable bonds is 2. The fourth-order valence-corrected chi connectivity index (χ4v) is 0.942. The molecule has 0 aliphatic rings. The molecular formula is C8H4F2N2O2. The summed E-state index contributed by atoms with van der Waals surface area (Å²) in [5.41, 5.74) is -1.85. The van der Waals surface area contributed by atoms with Crippen molar-refractivity contribution in [3.05, 3.63) is 23.0 Å². The van der Waals surface area contributed by atoms with Crippen LogP contribution < -0.4 is 0 Å². The molecular weight excluding hydrogens is 194 g/mol. The number of aldehydes is 1. The van der Waals surface area contributed by atoms with Gasteiger partial charge in [-0.2, -0.15) is 5.26 Å². The van der Waals surface area contributed by atoms with Crippen LogP contribution in [0.1, 0.15) is 28.0 Å². The van der Waals surface area contributed by atoms with Crippen LogP contribution in [0.3, 0.4) is 0 Å². The van der Waals surface area contributed by atoms with Crippen LogP contribution in [0.5, 0.6) is 5.75 Å². The lowest BCUT2D eigenvalue weighted by atomic mass is 10.1. The summed E-state index contributed by atoms with van der Waals surface area (Å²) in [6, 6.07) is 1.46. The zero-order chi connectivity index (χ0) is 10.7. The molecule has 14 heavy (non-hydrogen) atoms. The first-order chi connectivity index (χ1) is 6.61. The van der Waals surface area contributed by atoms with Gasteiger partial charge in [0.15, 0.2) is 12.0 Å². The van der Waals surface area contributed by atoms with Crippen LogP contribution in [0, 0.1) is 11.3 Å². The van der Waals surface area contributed by atoms with Gasteiger partial charge < -0.3 is 5.11 Å². The second-order valence-corrected chi connectivity index (χ2v) is 2.35. The van der Waals surface area contributed by atoms with Gasteiger partial charge in [0.25, 0.3) is 6.43 Å². The van der Waals surface area contributed by atoms with Gasteiger partial charge in [0.2, 0.25) is 0 Å². The average Bonchev–Trinajstić information content (AvgIpc) is 2.16. The Morgan fingerprint density at radius 2 is 2.29 bits per heavy atom. The van der Waals surface area contributed by atoms with E-state index < -0.39 is 29.0 Å². The highest BCUT2D eigenvalue weighted by atomic mass is 19.3. The van der Waals surface area contributed by atoms with Crippen molar-refractivity contribution < 1.29 is 18.7 Å². The molecule has 72 valence electrons. The summed E-state index contributed by atoms with van der Waals surface area (Å²) >= 11 is 0. The van der Waals surface area contributed by atoms with Gasteiger partial charge in [-0.25, -0.2) is 8.78 Å². The topological polar surface area (TPSA) is 74.0 Å². The zero-order valence-electron chi connectivity index (χ0n) is 6.74. The van der Waals surface area contributed by atoms with Crippen molar-refractivity contribution in [2.45, 2.75) is 6.43 Å². The molecule has 1 aromatic rings. The molecule has 0 aliphatic heterocycles. The van der Waals surface area contributed by atoms with Gasteiger partial charge in [0.1, 0.15) is 17.3 Å². The van der Waals surface area contributed by atoms with Crippen molar-refractivity contribution >= 4 is 6.29 Å². The van der Waals surface area contributed by atoms with Crippen LogP contribution in [0.15, 0.2) is 6.20 Å². The Labute approximate surface area is 77.4 Å². The van der Waals surface area contributed by atoms with Crippen molar-refractivity contribution in [1.29, 1.82) is 5.26 Å². The Balaban J connectivity index is 3.50. The van der Waals surface area contributed by atoms with E-state index in [1.807, 2.05) is 0 Å². The van der Waals surface area contributed by atoms with E-state index in [-0.39, 0.29) is 6.29 Å². The minimum absolute atomic E-state index is 0.0762. The minimum Gasteiger partial charge on any atom is -0.505 e. The molecule has 0 saturated heterocycles. The molecule has 0 aromatic carbocycles. The smallest absolute Gasteiger partial charge is 0.281 e.